The van der Waals surface area contributed by atoms with E-state index in [-0.39, 0.29) is 16.9 Å². The van der Waals surface area contributed by atoms with Crippen molar-refractivity contribution in [1.29, 1.82) is 0 Å². The molecule has 0 aromatic carbocycles. The van der Waals surface area contributed by atoms with E-state index in [0.717, 1.165) is 68.3 Å². The van der Waals surface area contributed by atoms with Crippen LogP contribution < -0.4 is 11.3 Å². The molecule has 2 aromatic heterocycles. The average Bonchev–Trinajstić information content (AvgIpc) is 3.34. The predicted octanol–water partition coefficient (Wildman–Crippen LogP) is 1.91. The van der Waals surface area contributed by atoms with Gasteiger partial charge in [-0.15, -0.1) is 0 Å². The number of likely N-dealkylation sites (tertiary alicyclic amines) is 1. The molecule has 2 fully saturated rings. The van der Waals surface area contributed by atoms with Gasteiger partial charge in [-0.2, -0.15) is 0 Å². The Bertz CT molecular complexity index is 996. The fourth-order valence-electron chi connectivity index (χ4n) is 5.53. The van der Waals surface area contributed by atoms with E-state index in [1.807, 2.05) is 17.0 Å². The summed E-state index contributed by atoms with van der Waals surface area (Å²) in [5, 5.41) is 0. The maximum absolute atomic E-state index is 13.2. The van der Waals surface area contributed by atoms with E-state index in [0.29, 0.717) is 18.8 Å². The molecule has 1 saturated carbocycles. The highest BCUT2D eigenvalue weighted by atomic mass is 16.2. The van der Waals surface area contributed by atoms with Gasteiger partial charge in [0.25, 0.3) is 5.56 Å². The molecule has 1 amide bonds. The second kappa shape index (κ2) is 6.76. The Morgan fingerprint density at radius 1 is 1.17 bits per heavy atom. The van der Waals surface area contributed by atoms with Gasteiger partial charge >= 0.3 is 0 Å². The summed E-state index contributed by atoms with van der Waals surface area (Å²) in [6.07, 6.45) is 10.4. The molecule has 2 aliphatic carbocycles. The normalized spacial score (nSPS) is 25.3. The third-order valence-corrected chi connectivity index (χ3v) is 7.09. The van der Waals surface area contributed by atoms with Crippen LogP contribution in [0.2, 0.25) is 0 Å². The molecule has 0 radical (unpaired) electrons. The van der Waals surface area contributed by atoms with Crippen molar-refractivity contribution >= 4 is 5.91 Å². The number of aromatic amines is 1. The van der Waals surface area contributed by atoms with Crippen LogP contribution in [0.15, 0.2) is 29.3 Å². The number of pyridine rings is 1. The summed E-state index contributed by atoms with van der Waals surface area (Å²) in [4.78, 5) is 40.0. The topological polar surface area (TPSA) is 105 Å². The van der Waals surface area contributed by atoms with Crippen LogP contribution in [-0.2, 0) is 16.6 Å². The number of rotatable bonds is 2. The molecule has 3 N–H and O–H groups in total. The molecular weight excluding hydrogens is 366 g/mol. The van der Waals surface area contributed by atoms with Crippen LogP contribution in [0.4, 0.5) is 0 Å². The lowest BCUT2D eigenvalue weighted by atomic mass is 9.77. The lowest BCUT2D eigenvalue weighted by Crippen LogP contribution is -2.58. The Morgan fingerprint density at radius 2 is 2.00 bits per heavy atom. The lowest BCUT2D eigenvalue weighted by molar-refractivity contribution is -0.139. The van der Waals surface area contributed by atoms with Crippen LogP contribution >= 0.6 is 0 Å². The molecule has 1 saturated heterocycles. The number of hydrogen-bond acceptors (Lipinski definition) is 5. The number of carbonyl (C=O) groups is 1. The van der Waals surface area contributed by atoms with Crippen molar-refractivity contribution in [3.8, 4) is 11.4 Å². The summed E-state index contributed by atoms with van der Waals surface area (Å²) in [5.74, 6) is 0.637. The molecule has 5 rings (SSSR count). The number of H-pyrrole nitrogens is 1. The number of amides is 1. The molecule has 3 heterocycles. The molecule has 3 aliphatic rings. The highest BCUT2D eigenvalue weighted by Gasteiger charge is 2.48. The monoisotopic (exact) mass is 393 g/mol. The van der Waals surface area contributed by atoms with E-state index in [9.17, 15) is 9.59 Å². The van der Waals surface area contributed by atoms with Gasteiger partial charge in [-0.25, -0.2) is 4.98 Å². The molecule has 7 heteroatoms. The van der Waals surface area contributed by atoms with E-state index in [1.54, 1.807) is 12.4 Å². The van der Waals surface area contributed by atoms with Gasteiger partial charge < -0.3 is 15.6 Å². The summed E-state index contributed by atoms with van der Waals surface area (Å²) in [6, 6.07) is 3.73. The number of piperidine rings is 1. The quantitative estimate of drug-likeness (QED) is 0.811. The molecule has 2 aromatic rings. The van der Waals surface area contributed by atoms with Crippen molar-refractivity contribution in [3.63, 3.8) is 0 Å². The second-order valence-corrected chi connectivity index (χ2v) is 8.96. The number of nitrogens with two attached hydrogens (primary N) is 1. The SMILES string of the molecule is NC1(C(=O)N2CCCC3(CCc4c3nc(-c3cccnc3)[nH]c4=O)C2)CCCC1. The van der Waals surface area contributed by atoms with E-state index >= 15 is 0 Å². The zero-order valence-electron chi connectivity index (χ0n) is 16.6. The Labute approximate surface area is 169 Å². The zero-order chi connectivity index (χ0) is 20.1. The number of nitrogens with zero attached hydrogens (tertiary/aromatic N) is 3. The molecule has 1 aliphatic heterocycles. The largest absolute Gasteiger partial charge is 0.340 e. The molecule has 152 valence electrons. The summed E-state index contributed by atoms with van der Waals surface area (Å²) >= 11 is 0. The van der Waals surface area contributed by atoms with Crippen LogP contribution in [0.25, 0.3) is 11.4 Å². The Hall–Kier alpha value is -2.54. The van der Waals surface area contributed by atoms with Gasteiger partial charge in [0.1, 0.15) is 5.82 Å². The third-order valence-electron chi connectivity index (χ3n) is 7.09. The molecule has 1 spiro atoms. The fraction of sp³-hybridized carbons (Fsp3) is 0.545. The summed E-state index contributed by atoms with van der Waals surface area (Å²) in [5.41, 5.74) is 7.89. The minimum atomic E-state index is -0.706. The van der Waals surface area contributed by atoms with Gasteiger partial charge in [0.15, 0.2) is 0 Å². The van der Waals surface area contributed by atoms with Gasteiger partial charge in [0.05, 0.1) is 11.2 Å². The first kappa shape index (κ1) is 18.5. The van der Waals surface area contributed by atoms with E-state index in [2.05, 4.69) is 9.97 Å². The summed E-state index contributed by atoms with van der Waals surface area (Å²) in [7, 11) is 0. The standard InChI is InChI=1S/C22H27N5O2/c23-22(8-1-2-9-22)20(29)27-12-4-7-21(14-27)10-6-16-17(21)25-18(26-19(16)28)15-5-3-11-24-13-15/h3,5,11,13H,1-2,4,6-10,12,14,23H2,(H,25,26,28). The number of aromatic nitrogens is 3. The molecular formula is C22H27N5O2. The average molecular weight is 393 g/mol. The first-order chi connectivity index (χ1) is 14.0. The van der Waals surface area contributed by atoms with Gasteiger partial charge in [-0.3, -0.25) is 14.6 Å². The minimum absolute atomic E-state index is 0.0692. The van der Waals surface area contributed by atoms with Crippen LogP contribution in [-0.4, -0.2) is 44.4 Å². The molecule has 1 unspecified atom stereocenters. The number of carbonyl (C=O) groups excluding carboxylic acids is 1. The van der Waals surface area contributed by atoms with Crippen molar-refractivity contribution in [2.24, 2.45) is 5.73 Å². The van der Waals surface area contributed by atoms with Crippen LogP contribution in [0.3, 0.4) is 0 Å². The minimum Gasteiger partial charge on any atom is -0.340 e. The second-order valence-electron chi connectivity index (χ2n) is 8.96. The van der Waals surface area contributed by atoms with Crippen molar-refractivity contribution < 1.29 is 4.79 Å². The van der Waals surface area contributed by atoms with E-state index in [1.165, 1.54) is 0 Å². The first-order valence-corrected chi connectivity index (χ1v) is 10.6. The fourth-order valence-corrected chi connectivity index (χ4v) is 5.53. The van der Waals surface area contributed by atoms with Gasteiger partial charge in [-0.1, -0.05) is 12.8 Å². The molecule has 7 nitrogen and oxygen atoms in total. The zero-order valence-corrected chi connectivity index (χ0v) is 16.6. The Morgan fingerprint density at radius 3 is 2.76 bits per heavy atom. The van der Waals surface area contributed by atoms with Crippen LogP contribution in [0.5, 0.6) is 0 Å². The maximum Gasteiger partial charge on any atom is 0.254 e. The predicted molar refractivity (Wildman–Crippen MR) is 109 cm³/mol. The van der Waals surface area contributed by atoms with Crippen molar-refractivity contribution in [2.75, 3.05) is 13.1 Å². The summed E-state index contributed by atoms with van der Waals surface area (Å²) < 4.78 is 0. The van der Waals surface area contributed by atoms with Crippen molar-refractivity contribution in [1.82, 2.24) is 19.9 Å². The van der Waals surface area contributed by atoms with Crippen molar-refractivity contribution in [2.45, 2.75) is 62.3 Å². The number of hydrogen-bond donors (Lipinski definition) is 2. The molecule has 29 heavy (non-hydrogen) atoms. The summed E-state index contributed by atoms with van der Waals surface area (Å²) in [6.45, 7) is 1.36. The molecule has 1 atom stereocenters. The maximum atomic E-state index is 13.2. The first-order valence-electron chi connectivity index (χ1n) is 10.6. The highest BCUT2D eigenvalue weighted by molar-refractivity contribution is 5.86. The van der Waals surface area contributed by atoms with Crippen LogP contribution in [0.1, 0.15) is 56.2 Å². The molecule has 0 bridgehead atoms. The van der Waals surface area contributed by atoms with E-state index in [4.69, 9.17) is 10.7 Å². The highest BCUT2D eigenvalue weighted by Crippen LogP contribution is 2.44. The van der Waals surface area contributed by atoms with Gasteiger partial charge in [-0.05, 0) is 50.7 Å². The number of fused-ring (bicyclic) bond motifs is 2. The van der Waals surface area contributed by atoms with E-state index < -0.39 is 5.54 Å². The van der Waals surface area contributed by atoms with Crippen molar-refractivity contribution in [3.05, 3.63) is 46.1 Å². The Kier molecular flexibility index (Phi) is 4.31. The smallest absolute Gasteiger partial charge is 0.254 e. The Balaban J connectivity index is 1.51. The van der Waals surface area contributed by atoms with Crippen LogP contribution in [0, 0.1) is 0 Å². The third kappa shape index (κ3) is 2.99. The number of nitrogens with one attached hydrogen (secondary N) is 1. The van der Waals surface area contributed by atoms with Gasteiger partial charge in [0.2, 0.25) is 5.91 Å². The lowest BCUT2D eigenvalue weighted by Gasteiger charge is -2.43. The van der Waals surface area contributed by atoms with Gasteiger partial charge in [0, 0.05) is 42.0 Å².